The lowest BCUT2D eigenvalue weighted by Gasteiger charge is -2.05. The topological polar surface area (TPSA) is 26.3 Å². The SMILES string of the molecule is CCCCCCCCCCCOC(=O)CC(C)Cl. The molecule has 0 spiro atoms. The summed E-state index contributed by atoms with van der Waals surface area (Å²) < 4.78 is 5.09. The van der Waals surface area contributed by atoms with Crippen LogP contribution in [0.3, 0.4) is 0 Å². The largest absolute Gasteiger partial charge is 0.466 e. The Morgan fingerprint density at radius 1 is 1.00 bits per heavy atom. The summed E-state index contributed by atoms with van der Waals surface area (Å²) >= 11 is 5.71. The number of carbonyl (C=O) groups excluding carboxylic acids is 1. The van der Waals surface area contributed by atoms with Gasteiger partial charge in [-0.3, -0.25) is 4.79 Å². The number of alkyl halides is 1. The molecule has 0 aliphatic rings. The van der Waals surface area contributed by atoms with Crippen LogP contribution in [0.15, 0.2) is 0 Å². The number of unbranched alkanes of at least 4 members (excludes halogenated alkanes) is 8. The van der Waals surface area contributed by atoms with Gasteiger partial charge < -0.3 is 4.74 Å². The lowest BCUT2D eigenvalue weighted by molar-refractivity contribution is -0.143. The highest BCUT2D eigenvalue weighted by Gasteiger charge is 2.06. The van der Waals surface area contributed by atoms with Gasteiger partial charge in [0.05, 0.1) is 13.0 Å². The molecule has 0 rings (SSSR count). The summed E-state index contributed by atoms with van der Waals surface area (Å²) in [5, 5.41) is -0.124. The predicted molar refractivity (Wildman–Crippen MR) is 78.1 cm³/mol. The van der Waals surface area contributed by atoms with Crippen molar-refractivity contribution in [1.29, 1.82) is 0 Å². The molecule has 2 nitrogen and oxygen atoms in total. The maximum atomic E-state index is 11.2. The van der Waals surface area contributed by atoms with E-state index in [9.17, 15) is 4.79 Å². The average molecular weight is 277 g/mol. The third-order valence-corrected chi connectivity index (χ3v) is 3.11. The van der Waals surface area contributed by atoms with Crippen LogP contribution in [0, 0.1) is 0 Å². The van der Waals surface area contributed by atoms with Crippen molar-refractivity contribution in [3.63, 3.8) is 0 Å². The van der Waals surface area contributed by atoms with Gasteiger partial charge in [-0.2, -0.15) is 0 Å². The van der Waals surface area contributed by atoms with Gasteiger partial charge in [0.15, 0.2) is 0 Å². The minimum atomic E-state index is -0.169. The van der Waals surface area contributed by atoms with Crippen LogP contribution in [0.1, 0.15) is 78.1 Å². The second-order valence-corrected chi connectivity index (χ2v) is 5.78. The summed E-state index contributed by atoms with van der Waals surface area (Å²) in [5.41, 5.74) is 0. The average Bonchev–Trinajstić information content (AvgIpc) is 2.30. The molecule has 0 amide bonds. The number of hydrogen-bond acceptors (Lipinski definition) is 2. The molecule has 0 aliphatic heterocycles. The molecule has 0 heterocycles. The van der Waals surface area contributed by atoms with E-state index in [-0.39, 0.29) is 11.3 Å². The van der Waals surface area contributed by atoms with Crippen molar-refractivity contribution in [1.82, 2.24) is 0 Å². The van der Waals surface area contributed by atoms with E-state index in [2.05, 4.69) is 6.92 Å². The molecular formula is C15H29ClO2. The van der Waals surface area contributed by atoms with Crippen LogP contribution in [0.4, 0.5) is 0 Å². The maximum absolute atomic E-state index is 11.2. The van der Waals surface area contributed by atoms with Crippen LogP contribution >= 0.6 is 11.6 Å². The van der Waals surface area contributed by atoms with Crippen LogP contribution < -0.4 is 0 Å². The monoisotopic (exact) mass is 276 g/mol. The normalized spacial score (nSPS) is 12.4. The minimum absolute atomic E-state index is 0.124. The van der Waals surface area contributed by atoms with Crippen molar-refractivity contribution in [2.75, 3.05) is 6.61 Å². The second kappa shape index (κ2) is 13.2. The molecule has 108 valence electrons. The fourth-order valence-electron chi connectivity index (χ4n) is 1.89. The Balaban J connectivity index is 3.09. The number of rotatable bonds is 12. The summed E-state index contributed by atoms with van der Waals surface area (Å²) in [4.78, 5) is 11.2. The van der Waals surface area contributed by atoms with Crippen LogP contribution in [-0.2, 0) is 9.53 Å². The number of hydrogen-bond donors (Lipinski definition) is 0. The molecule has 0 fully saturated rings. The Kier molecular flexibility index (Phi) is 13.0. The standard InChI is InChI=1S/C15H29ClO2/c1-3-4-5-6-7-8-9-10-11-12-18-15(17)13-14(2)16/h14H,3-13H2,1-2H3. The zero-order chi connectivity index (χ0) is 13.6. The Hall–Kier alpha value is -0.240. The maximum Gasteiger partial charge on any atom is 0.307 e. The van der Waals surface area contributed by atoms with Gasteiger partial charge in [0, 0.05) is 5.38 Å². The third-order valence-electron chi connectivity index (χ3n) is 2.96. The Morgan fingerprint density at radius 3 is 2.00 bits per heavy atom. The van der Waals surface area contributed by atoms with E-state index >= 15 is 0 Å². The molecule has 0 saturated carbocycles. The fraction of sp³-hybridized carbons (Fsp3) is 0.933. The first-order chi connectivity index (χ1) is 8.66. The van der Waals surface area contributed by atoms with Crippen molar-refractivity contribution >= 4 is 17.6 Å². The van der Waals surface area contributed by atoms with Crippen LogP contribution in [-0.4, -0.2) is 18.0 Å². The van der Waals surface area contributed by atoms with Gasteiger partial charge in [-0.05, 0) is 13.3 Å². The van der Waals surface area contributed by atoms with Crippen LogP contribution in [0.25, 0.3) is 0 Å². The van der Waals surface area contributed by atoms with E-state index in [1.165, 1.54) is 44.9 Å². The smallest absolute Gasteiger partial charge is 0.307 e. The lowest BCUT2D eigenvalue weighted by Crippen LogP contribution is -2.10. The van der Waals surface area contributed by atoms with Gasteiger partial charge in [0.2, 0.25) is 0 Å². The molecule has 0 N–H and O–H groups in total. The summed E-state index contributed by atoms with van der Waals surface area (Å²) in [6, 6.07) is 0. The Morgan fingerprint density at radius 2 is 1.50 bits per heavy atom. The predicted octanol–water partition coefficient (Wildman–Crippen LogP) is 5.08. The summed E-state index contributed by atoms with van der Waals surface area (Å²) in [6.07, 6.45) is 11.8. The number of esters is 1. The molecule has 1 unspecified atom stereocenters. The van der Waals surface area contributed by atoms with E-state index < -0.39 is 0 Å². The van der Waals surface area contributed by atoms with E-state index in [4.69, 9.17) is 16.3 Å². The molecule has 18 heavy (non-hydrogen) atoms. The van der Waals surface area contributed by atoms with Crippen molar-refractivity contribution in [3.05, 3.63) is 0 Å². The minimum Gasteiger partial charge on any atom is -0.466 e. The lowest BCUT2D eigenvalue weighted by atomic mass is 10.1. The zero-order valence-corrected chi connectivity index (χ0v) is 12.8. The first-order valence-corrected chi connectivity index (χ1v) is 7.90. The van der Waals surface area contributed by atoms with Crippen molar-refractivity contribution in [2.45, 2.75) is 83.4 Å². The van der Waals surface area contributed by atoms with Crippen molar-refractivity contribution in [3.8, 4) is 0 Å². The van der Waals surface area contributed by atoms with Gasteiger partial charge in [-0.25, -0.2) is 0 Å². The first-order valence-electron chi connectivity index (χ1n) is 7.46. The second-order valence-electron chi connectivity index (χ2n) is 5.03. The highest BCUT2D eigenvalue weighted by molar-refractivity contribution is 6.21. The van der Waals surface area contributed by atoms with Gasteiger partial charge in [0.25, 0.3) is 0 Å². The molecule has 0 bridgehead atoms. The Bertz CT molecular complexity index is 193. The third kappa shape index (κ3) is 13.8. The molecule has 1 atom stereocenters. The van der Waals surface area contributed by atoms with Gasteiger partial charge in [0.1, 0.15) is 0 Å². The summed E-state index contributed by atoms with van der Waals surface area (Å²) in [5.74, 6) is -0.169. The fourth-order valence-corrected chi connectivity index (χ4v) is 2.01. The van der Waals surface area contributed by atoms with E-state index in [0.717, 1.165) is 12.8 Å². The van der Waals surface area contributed by atoms with Crippen molar-refractivity contribution in [2.24, 2.45) is 0 Å². The van der Waals surface area contributed by atoms with Crippen molar-refractivity contribution < 1.29 is 9.53 Å². The highest BCUT2D eigenvalue weighted by Crippen LogP contribution is 2.09. The molecule has 0 aliphatic carbocycles. The number of carbonyl (C=O) groups is 1. The molecular weight excluding hydrogens is 248 g/mol. The summed E-state index contributed by atoms with van der Waals surface area (Å²) in [6.45, 7) is 4.60. The molecule has 0 aromatic heterocycles. The number of halogens is 1. The summed E-state index contributed by atoms with van der Waals surface area (Å²) in [7, 11) is 0. The van der Waals surface area contributed by atoms with E-state index in [1.54, 1.807) is 6.92 Å². The van der Waals surface area contributed by atoms with Gasteiger partial charge in [-0.1, -0.05) is 58.3 Å². The molecule has 0 aromatic rings. The highest BCUT2D eigenvalue weighted by atomic mass is 35.5. The zero-order valence-electron chi connectivity index (χ0n) is 12.0. The van der Waals surface area contributed by atoms with E-state index in [1.807, 2.05) is 0 Å². The first kappa shape index (κ1) is 17.8. The van der Waals surface area contributed by atoms with Crippen LogP contribution in [0.2, 0.25) is 0 Å². The molecule has 0 saturated heterocycles. The van der Waals surface area contributed by atoms with E-state index in [0.29, 0.717) is 13.0 Å². The molecule has 3 heteroatoms. The van der Waals surface area contributed by atoms with Gasteiger partial charge in [-0.15, -0.1) is 11.6 Å². The quantitative estimate of drug-likeness (QED) is 0.282. The molecule has 0 radical (unpaired) electrons. The van der Waals surface area contributed by atoms with Gasteiger partial charge >= 0.3 is 5.97 Å². The van der Waals surface area contributed by atoms with Crippen LogP contribution in [0.5, 0.6) is 0 Å². The Labute approximate surface area is 117 Å². The molecule has 0 aromatic carbocycles. The number of ether oxygens (including phenoxy) is 1.